The summed E-state index contributed by atoms with van der Waals surface area (Å²) >= 11 is 11.4. The quantitative estimate of drug-likeness (QED) is 0.706. The van der Waals surface area contributed by atoms with Crippen molar-refractivity contribution in [3.63, 3.8) is 0 Å². The second-order valence-corrected chi connectivity index (χ2v) is 5.74. The summed E-state index contributed by atoms with van der Waals surface area (Å²) < 4.78 is 13.5. The SMILES string of the molecule is CCCOc1c(CNn2c(CC)n[nH]c2=S)cc(Cl)cc1OC. The monoisotopic (exact) mass is 356 g/mol. The highest BCUT2D eigenvalue weighted by Crippen LogP contribution is 2.35. The van der Waals surface area contributed by atoms with E-state index >= 15 is 0 Å². The Hall–Kier alpha value is -1.73. The molecule has 126 valence electrons. The lowest BCUT2D eigenvalue weighted by Gasteiger charge is -2.17. The molecule has 0 unspecified atom stereocenters. The number of hydrogen-bond donors (Lipinski definition) is 2. The topological polar surface area (TPSA) is 64.1 Å². The van der Waals surface area contributed by atoms with Gasteiger partial charge in [0.05, 0.1) is 20.3 Å². The average molecular weight is 357 g/mol. The summed E-state index contributed by atoms with van der Waals surface area (Å²) in [5.74, 6) is 2.15. The van der Waals surface area contributed by atoms with Crippen molar-refractivity contribution in [1.29, 1.82) is 0 Å². The van der Waals surface area contributed by atoms with Gasteiger partial charge in [-0.1, -0.05) is 25.4 Å². The van der Waals surface area contributed by atoms with Crippen LogP contribution in [0.15, 0.2) is 12.1 Å². The van der Waals surface area contributed by atoms with Gasteiger partial charge in [-0.25, -0.2) is 4.68 Å². The van der Waals surface area contributed by atoms with E-state index in [2.05, 4.69) is 22.5 Å². The van der Waals surface area contributed by atoms with Crippen LogP contribution in [0, 0.1) is 4.77 Å². The number of aromatic amines is 1. The van der Waals surface area contributed by atoms with Crippen molar-refractivity contribution >= 4 is 23.8 Å². The highest BCUT2D eigenvalue weighted by Gasteiger charge is 2.13. The second-order valence-electron chi connectivity index (χ2n) is 4.91. The number of rotatable bonds is 8. The first-order valence-corrected chi connectivity index (χ1v) is 8.28. The summed E-state index contributed by atoms with van der Waals surface area (Å²) in [5.41, 5.74) is 4.14. The molecule has 0 amide bonds. The molecule has 2 N–H and O–H groups in total. The highest BCUT2D eigenvalue weighted by molar-refractivity contribution is 7.71. The van der Waals surface area contributed by atoms with Crippen LogP contribution >= 0.6 is 23.8 Å². The minimum absolute atomic E-state index is 0.483. The molecule has 0 aliphatic carbocycles. The van der Waals surface area contributed by atoms with Crippen molar-refractivity contribution in [2.75, 3.05) is 19.1 Å². The standard InChI is InChI=1S/C15H21ClN4O2S/c1-4-6-22-14-10(7-11(16)8-12(14)21-3)9-17-20-13(5-2)18-19-15(20)23/h7-8,17H,4-6,9H2,1-3H3,(H,19,23). The van der Waals surface area contributed by atoms with Crippen LogP contribution in [0.5, 0.6) is 11.5 Å². The van der Waals surface area contributed by atoms with Crippen molar-refractivity contribution in [2.24, 2.45) is 0 Å². The summed E-state index contributed by atoms with van der Waals surface area (Å²) in [4.78, 5) is 0. The zero-order valence-electron chi connectivity index (χ0n) is 13.5. The van der Waals surface area contributed by atoms with Gasteiger partial charge >= 0.3 is 0 Å². The van der Waals surface area contributed by atoms with E-state index in [-0.39, 0.29) is 0 Å². The molecule has 6 nitrogen and oxygen atoms in total. The molecule has 2 aromatic rings. The fraction of sp³-hybridized carbons (Fsp3) is 0.467. The number of H-pyrrole nitrogens is 1. The lowest BCUT2D eigenvalue weighted by Crippen LogP contribution is -2.18. The summed E-state index contributed by atoms with van der Waals surface area (Å²) in [6, 6.07) is 3.61. The van der Waals surface area contributed by atoms with Crippen molar-refractivity contribution in [2.45, 2.75) is 33.2 Å². The maximum Gasteiger partial charge on any atom is 0.214 e. The van der Waals surface area contributed by atoms with Gasteiger partial charge in [0.15, 0.2) is 17.3 Å². The number of nitrogens with one attached hydrogen (secondary N) is 2. The molecular weight excluding hydrogens is 336 g/mol. The van der Waals surface area contributed by atoms with E-state index in [0.717, 1.165) is 24.2 Å². The Bertz CT molecular complexity index is 714. The first-order chi connectivity index (χ1) is 11.1. The second kappa shape index (κ2) is 8.21. The molecule has 0 saturated carbocycles. The third kappa shape index (κ3) is 4.17. The van der Waals surface area contributed by atoms with Crippen molar-refractivity contribution in [3.05, 3.63) is 33.3 Å². The zero-order valence-corrected chi connectivity index (χ0v) is 15.1. The lowest BCUT2D eigenvalue weighted by atomic mass is 10.2. The van der Waals surface area contributed by atoms with Gasteiger partial charge in [0, 0.05) is 23.1 Å². The summed E-state index contributed by atoms with van der Waals surface area (Å²) in [7, 11) is 1.60. The van der Waals surface area contributed by atoms with Crippen LogP contribution in [-0.2, 0) is 13.0 Å². The largest absolute Gasteiger partial charge is 0.493 e. The summed E-state index contributed by atoms with van der Waals surface area (Å²) in [6.07, 6.45) is 1.67. The van der Waals surface area contributed by atoms with Gasteiger partial charge < -0.3 is 14.9 Å². The Balaban J connectivity index is 2.29. The highest BCUT2D eigenvalue weighted by atomic mass is 35.5. The predicted octanol–water partition coefficient (Wildman–Crippen LogP) is 3.70. The fourth-order valence-electron chi connectivity index (χ4n) is 2.17. The molecule has 0 fully saturated rings. The lowest BCUT2D eigenvalue weighted by molar-refractivity contribution is 0.291. The molecule has 2 rings (SSSR count). The van der Waals surface area contributed by atoms with Crippen molar-refractivity contribution < 1.29 is 9.47 Å². The summed E-state index contributed by atoms with van der Waals surface area (Å²) in [5, 5.41) is 7.54. The van der Waals surface area contributed by atoms with E-state index in [1.54, 1.807) is 17.9 Å². The first-order valence-electron chi connectivity index (χ1n) is 7.50. The molecule has 0 bridgehead atoms. The van der Waals surface area contributed by atoms with E-state index in [1.807, 2.05) is 13.0 Å². The van der Waals surface area contributed by atoms with Gasteiger partial charge in [-0.2, -0.15) is 5.10 Å². The van der Waals surface area contributed by atoms with Crippen LogP contribution in [-0.4, -0.2) is 28.6 Å². The molecule has 0 aliphatic rings. The molecule has 0 atom stereocenters. The molecule has 0 radical (unpaired) electrons. The first kappa shape index (κ1) is 17.6. The van der Waals surface area contributed by atoms with Gasteiger partial charge in [0.2, 0.25) is 4.77 Å². The minimum atomic E-state index is 0.483. The molecule has 23 heavy (non-hydrogen) atoms. The smallest absolute Gasteiger partial charge is 0.214 e. The number of aryl methyl sites for hydroxylation is 1. The third-order valence-corrected chi connectivity index (χ3v) is 3.74. The van der Waals surface area contributed by atoms with Crippen molar-refractivity contribution in [3.8, 4) is 11.5 Å². The Morgan fingerprint density at radius 2 is 2.17 bits per heavy atom. The maximum absolute atomic E-state index is 6.18. The van der Waals surface area contributed by atoms with Crippen LogP contribution in [0.3, 0.4) is 0 Å². The molecular formula is C15H21ClN4O2S. The fourth-order valence-corrected chi connectivity index (χ4v) is 2.61. The Kier molecular flexibility index (Phi) is 6.29. The number of benzene rings is 1. The molecule has 8 heteroatoms. The third-order valence-electron chi connectivity index (χ3n) is 3.25. The van der Waals surface area contributed by atoms with Crippen LogP contribution in [0.2, 0.25) is 5.02 Å². The average Bonchev–Trinajstić information content (AvgIpc) is 2.91. The van der Waals surface area contributed by atoms with Crippen LogP contribution in [0.25, 0.3) is 0 Å². The molecule has 1 aromatic heterocycles. The number of halogens is 1. The van der Waals surface area contributed by atoms with Gasteiger partial charge in [-0.15, -0.1) is 0 Å². The Morgan fingerprint density at radius 3 is 2.83 bits per heavy atom. The molecule has 0 aliphatic heterocycles. The normalized spacial score (nSPS) is 10.6. The Morgan fingerprint density at radius 1 is 1.39 bits per heavy atom. The molecule has 1 aromatic carbocycles. The minimum Gasteiger partial charge on any atom is -0.493 e. The number of methoxy groups -OCH3 is 1. The summed E-state index contributed by atoms with van der Waals surface area (Å²) in [6.45, 7) is 5.16. The van der Waals surface area contributed by atoms with Gasteiger partial charge in [-0.05, 0) is 24.7 Å². The van der Waals surface area contributed by atoms with Gasteiger partial charge in [0.1, 0.15) is 0 Å². The number of nitrogens with zero attached hydrogens (tertiary/aromatic N) is 2. The van der Waals surface area contributed by atoms with E-state index in [4.69, 9.17) is 33.3 Å². The molecule has 0 saturated heterocycles. The van der Waals surface area contributed by atoms with Crippen molar-refractivity contribution in [1.82, 2.24) is 14.9 Å². The van der Waals surface area contributed by atoms with E-state index in [9.17, 15) is 0 Å². The zero-order chi connectivity index (χ0) is 16.8. The molecule has 1 heterocycles. The number of hydrogen-bond acceptors (Lipinski definition) is 5. The van der Waals surface area contributed by atoms with Crippen LogP contribution in [0.4, 0.5) is 0 Å². The predicted molar refractivity (Wildman–Crippen MR) is 93.6 cm³/mol. The number of aromatic nitrogens is 3. The molecule has 0 spiro atoms. The van der Waals surface area contributed by atoms with E-state index in [1.165, 1.54) is 0 Å². The maximum atomic E-state index is 6.18. The van der Waals surface area contributed by atoms with E-state index in [0.29, 0.717) is 34.4 Å². The van der Waals surface area contributed by atoms with Gasteiger partial charge in [0.25, 0.3) is 0 Å². The van der Waals surface area contributed by atoms with Gasteiger partial charge in [-0.3, -0.25) is 5.10 Å². The van der Waals surface area contributed by atoms with Crippen LogP contribution < -0.4 is 14.9 Å². The number of ether oxygens (including phenoxy) is 2. The van der Waals surface area contributed by atoms with Crippen LogP contribution in [0.1, 0.15) is 31.7 Å². The Labute approximate surface area is 145 Å². The van der Waals surface area contributed by atoms with E-state index < -0.39 is 0 Å².